The first-order chi connectivity index (χ1) is 9.61. The van der Waals surface area contributed by atoms with Crippen LogP contribution in [0.2, 0.25) is 0 Å². The number of hydrogen-bond donors (Lipinski definition) is 1. The van der Waals surface area contributed by atoms with E-state index >= 15 is 0 Å². The summed E-state index contributed by atoms with van der Waals surface area (Å²) in [4.78, 5) is 0. The van der Waals surface area contributed by atoms with Gasteiger partial charge < -0.3 is 15.2 Å². The number of aromatic nitrogens is 2. The highest BCUT2D eigenvalue weighted by Crippen LogP contribution is 2.42. The largest absolute Gasteiger partial charge is 0.485 e. The van der Waals surface area contributed by atoms with Crippen molar-refractivity contribution in [2.45, 2.75) is 25.5 Å². The van der Waals surface area contributed by atoms with E-state index in [2.05, 4.69) is 5.10 Å². The maximum atomic E-state index is 6.27. The van der Waals surface area contributed by atoms with Gasteiger partial charge in [0.25, 0.3) is 0 Å². The van der Waals surface area contributed by atoms with Crippen molar-refractivity contribution in [2.75, 3.05) is 7.11 Å². The Bertz CT molecular complexity index is 636. The average molecular weight is 273 g/mol. The predicted molar refractivity (Wildman–Crippen MR) is 75.9 cm³/mol. The number of benzene rings is 1. The second-order valence-electron chi connectivity index (χ2n) is 5.12. The molecule has 0 fully saturated rings. The number of rotatable bonds is 2. The van der Waals surface area contributed by atoms with Crippen molar-refractivity contribution in [1.29, 1.82) is 0 Å². The second kappa shape index (κ2) is 4.83. The molecule has 3 rings (SSSR count). The van der Waals surface area contributed by atoms with E-state index in [-0.39, 0.29) is 12.1 Å². The fraction of sp³-hybridized carbons (Fsp3) is 0.400. The maximum absolute atomic E-state index is 6.27. The van der Waals surface area contributed by atoms with Crippen LogP contribution in [0.4, 0.5) is 0 Å². The molecule has 1 aliphatic rings. The van der Waals surface area contributed by atoms with E-state index in [1.165, 1.54) is 0 Å². The molecule has 1 aromatic heterocycles. The number of fused-ring (bicyclic) bond motifs is 1. The summed E-state index contributed by atoms with van der Waals surface area (Å²) < 4.78 is 13.3. The minimum absolute atomic E-state index is 0.0331. The predicted octanol–water partition coefficient (Wildman–Crippen LogP) is 2.26. The summed E-state index contributed by atoms with van der Waals surface area (Å²) in [5.41, 5.74) is 9.24. The molecule has 5 nitrogen and oxygen atoms in total. The van der Waals surface area contributed by atoms with E-state index in [4.69, 9.17) is 15.2 Å². The Labute approximate surface area is 118 Å². The standard InChI is InChI=1S/C15H19N3O2/c1-9-14(15(19-3)18(2)17-9)13-8-11(16)10-6-4-5-7-12(10)20-13/h4-7,11,13H,8,16H2,1-3H3/t11-,13?/m1/s1. The van der Waals surface area contributed by atoms with E-state index in [1.807, 2.05) is 38.2 Å². The van der Waals surface area contributed by atoms with Crippen LogP contribution in [0.5, 0.6) is 11.6 Å². The van der Waals surface area contributed by atoms with Gasteiger partial charge in [0, 0.05) is 25.1 Å². The zero-order chi connectivity index (χ0) is 14.3. The first kappa shape index (κ1) is 13.0. The molecule has 5 heteroatoms. The zero-order valence-electron chi connectivity index (χ0n) is 12.0. The zero-order valence-corrected chi connectivity index (χ0v) is 12.0. The van der Waals surface area contributed by atoms with Gasteiger partial charge in [0.05, 0.1) is 18.4 Å². The average Bonchev–Trinajstić information content (AvgIpc) is 2.72. The van der Waals surface area contributed by atoms with Gasteiger partial charge in [-0.15, -0.1) is 0 Å². The van der Waals surface area contributed by atoms with Crippen LogP contribution in [0.1, 0.15) is 35.4 Å². The minimum atomic E-state index is -0.122. The molecule has 1 aromatic carbocycles. The van der Waals surface area contributed by atoms with Crippen molar-refractivity contribution in [1.82, 2.24) is 9.78 Å². The van der Waals surface area contributed by atoms with Crippen LogP contribution < -0.4 is 15.2 Å². The van der Waals surface area contributed by atoms with Crippen molar-refractivity contribution in [2.24, 2.45) is 12.8 Å². The number of para-hydroxylation sites is 1. The number of ether oxygens (including phenoxy) is 2. The summed E-state index contributed by atoms with van der Waals surface area (Å²) >= 11 is 0. The normalized spacial score (nSPS) is 21.2. The quantitative estimate of drug-likeness (QED) is 0.911. The molecule has 2 heterocycles. The van der Waals surface area contributed by atoms with Crippen LogP contribution in [0.3, 0.4) is 0 Å². The Hall–Kier alpha value is -2.01. The highest BCUT2D eigenvalue weighted by atomic mass is 16.5. The monoisotopic (exact) mass is 273 g/mol. The van der Waals surface area contributed by atoms with E-state index in [0.29, 0.717) is 0 Å². The van der Waals surface area contributed by atoms with Gasteiger partial charge >= 0.3 is 0 Å². The van der Waals surface area contributed by atoms with E-state index in [9.17, 15) is 0 Å². The molecule has 0 saturated carbocycles. The number of nitrogens with zero attached hydrogens (tertiary/aromatic N) is 2. The van der Waals surface area contributed by atoms with Crippen LogP contribution in [0, 0.1) is 6.92 Å². The Kier molecular flexibility index (Phi) is 3.14. The van der Waals surface area contributed by atoms with Gasteiger partial charge in [-0.3, -0.25) is 0 Å². The smallest absolute Gasteiger partial charge is 0.218 e. The van der Waals surface area contributed by atoms with Crippen molar-refractivity contribution in [3.05, 3.63) is 41.1 Å². The van der Waals surface area contributed by atoms with Gasteiger partial charge in [-0.2, -0.15) is 5.10 Å². The van der Waals surface area contributed by atoms with Crippen LogP contribution in [0.25, 0.3) is 0 Å². The van der Waals surface area contributed by atoms with E-state index < -0.39 is 0 Å². The number of hydrogen-bond acceptors (Lipinski definition) is 4. The van der Waals surface area contributed by atoms with Crippen molar-refractivity contribution in [3.63, 3.8) is 0 Å². The molecule has 0 aliphatic carbocycles. The van der Waals surface area contributed by atoms with Crippen molar-refractivity contribution in [3.8, 4) is 11.6 Å². The molecule has 0 amide bonds. The highest BCUT2D eigenvalue weighted by Gasteiger charge is 2.32. The first-order valence-electron chi connectivity index (χ1n) is 6.70. The molecule has 1 aliphatic heterocycles. The summed E-state index contributed by atoms with van der Waals surface area (Å²) in [5.74, 6) is 1.58. The fourth-order valence-corrected chi connectivity index (χ4v) is 2.90. The van der Waals surface area contributed by atoms with Gasteiger partial charge in [-0.05, 0) is 13.0 Å². The molecule has 2 N–H and O–H groups in total. The third-order valence-corrected chi connectivity index (χ3v) is 3.79. The van der Waals surface area contributed by atoms with Crippen LogP contribution in [-0.2, 0) is 7.05 Å². The molecule has 106 valence electrons. The fourth-order valence-electron chi connectivity index (χ4n) is 2.90. The summed E-state index contributed by atoms with van der Waals surface area (Å²) in [7, 11) is 3.52. The molecular formula is C15H19N3O2. The number of methoxy groups -OCH3 is 1. The molecule has 0 spiro atoms. The lowest BCUT2D eigenvalue weighted by Crippen LogP contribution is -2.24. The molecule has 2 aromatic rings. The Morgan fingerprint density at radius 3 is 2.90 bits per heavy atom. The molecule has 0 bridgehead atoms. The molecule has 0 saturated heterocycles. The van der Waals surface area contributed by atoms with Gasteiger partial charge in [-0.25, -0.2) is 4.68 Å². The van der Waals surface area contributed by atoms with Crippen molar-refractivity contribution >= 4 is 0 Å². The first-order valence-corrected chi connectivity index (χ1v) is 6.70. The molecule has 2 atom stereocenters. The lowest BCUT2D eigenvalue weighted by atomic mass is 9.93. The van der Waals surface area contributed by atoms with Crippen LogP contribution >= 0.6 is 0 Å². The van der Waals surface area contributed by atoms with Gasteiger partial charge in [-0.1, -0.05) is 18.2 Å². The summed E-state index contributed by atoms with van der Waals surface area (Å²) in [6, 6.07) is 7.89. The maximum Gasteiger partial charge on any atom is 0.218 e. The lowest BCUT2D eigenvalue weighted by Gasteiger charge is -2.30. The number of aryl methyl sites for hydroxylation is 2. The molecule has 1 unspecified atom stereocenters. The minimum Gasteiger partial charge on any atom is -0.485 e. The van der Waals surface area contributed by atoms with Crippen LogP contribution in [-0.4, -0.2) is 16.9 Å². The number of nitrogens with two attached hydrogens (primary N) is 1. The third kappa shape index (κ3) is 1.94. The van der Waals surface area contributed by atoms with E-state index in [0.717, 1.165) is 34.9 Å². The van der Waals surface area contributed by atoms with Crippen molar-refractivity contribution < 1.29 is 9.47 Å². The summed E-state index contributed by atoms with van der Waals surface area (Å²) in [5, 5.41) is 4.41. The Balaban J connectivity index is 2.02. The molecular weight excluding hydrogens is 254 g/mol. The molecule has 0 radical (unpaired) electrons. The van der Waals surface area contributed by atoms with Gasteiger partial charge in [0.2, 0.25) is 5.88 Å². The van der Waals surface area contributed by atoms with E-state index in [1.54, 1.807) is 11.8 Å². The summed E-state index contributed by atoms with van der Waals surface area (Å²) in [6.45, 7) is 1.97. The SMILES string of the molecule is COc1c(C2C[C@@H](N)c3ccccc3O2)c(C)nn1C. The Morgan fingerprint density at radius 1 is 1.40 bits per heavy atom. The lowest BCUT2D eigenvalue weighted by molar-refractivity contribution is 0.156. The van der Waals surface area contributed by atoms with Crippen LogP contribution in [0.15, 0.2) is 24.3 Å². The topological polar surface area (TPSA) is 62.3 Å². The van der Waals surface area contributed by atoms with Gasteiger partial charge in [0.15, 0.2) is 0 Å². The Morgan fingerprint density at radius 2 is 2.15 bits per heavy atom. The van der Waals surface area contributed by atoms with Gasteiger partial charge in [0.1, 0.15) is 11.9 Å². The third-order valence-electron chi connectivity index (χ3n) is 3.79. The summed E-state index contributed by atoms with van der Waals surface area (Å²) in [6.07, 6.45) is 0.600. The molecule has 20 heavy (non-hydrogen) atoms. The highest BCUT2D eigenvalue weighted by molar-refractivity contribution is 5.41. The second-order valence-corrected chi connectivity index (χ2v) is 5.12.